The largest absolute Gasteiger partial charge is 0.493 e. The number of rotatable bonds is 10. The lowest BCUT2D eigenvalue weighted by Crippen LogP contribution is -2.29. The smallest absolute Gasteiger partial charge is 0.245 e. The minimum atomic E-state index is -0.685. The Bertz CT molecular complexity index is 1210. The van der Waals surface area contributed by atoms with Crippen molar-refractivity contribution in [1.82, 2.24) is 14.9 Å². The molecule has 1 aromatic heterocycles. The van der Waals surface area contributed by atoms with Crippen LogP contribution >= 0.6 is 23.2 Å². The molecule has 1 amide bonds. The van der Waals surface area contributed by atoms with E-state index in [2.05, 4.69) is 21.9 Å². The molecule has 0 aliphatic rings. The summed E-state index contributed by atoms with van der Waals surface area (Å²) in [6.07, 6.45) is 3.78. The molecule has 1 unspecified atom stereocenters. The van der Waals surface area contributed by atoms with E-state index in [0.29, 0.717) is 47.6 Å². The lowest BCUT2D eigenvalue weighted by Gasteiger charge is -2.23. The molecular weight excluding hydrogens is 482 g/mol. The Labute approximate surface area is 207 Å². The second-order valence-corrected chi connectivity index (χ2v) is 8.28. The van der Waals surface area contributed by atoms with Crippen LogP contribution < -0.4 is 14.8 Å². The van der Waals surface area contributed by atoms with Crippen LogP contribution in [0.2, 0.25) is 10.0 Å². The molecule has 1 N–H and O–H groups in total. The van der Waals surface area contributed by atoms with Gasteiger partial charge in [-0.1, -0.05) is 36.7 Å². The first kappa shape index (κ1) is 25.5. The third-order valence-electron chi connectivity index (χ3n) is 5.30. The van der Waals surface area contributed by atoms with Gasteiger partial charge in [0.25, 0.3) is 0 Å². The predicted octanol–water partition coefficient (Wildman–Crippen LogP) is 6.02. The highest BCUT2D eigenvalue weighted by Gasteiger charge is 2.18. The van der Waals surface area contributed by atoms with Crippen molar-refractivity contribution in [3.05, 3.63) is 59.1 Å². The molecule has 2 aromatic carbocycles. The highest BCUT2D eigenvalue weighted by Crippen LogP contribution is 2.37. The number of carbonyl (C=O) groups excluding carboxylic acids is 1. The number of likely N-dealkylation sites (N-methyl/N-ethyl adjacent to an activating group) is 1. The van der Waals surface area contributed by atoms with Gasteiger partial charge < -0.3 is 19.7 Å². The van der Waals surface area contributed by atoms with Crippen LogP contribution in [0.5, 0.6) is 11.5 Å². The van der Waals surface area contributed by atoms with Gasteiger partial charge in [-0.3, -0.25) is 4.79 Å². The molecule has 3 aromatic rings. The number of amides is 1. The normalized spacial score (nSPS) is 11.7. The van der Waals surface area contributed by atoms with Gasteiger partial charge in [0, 0.05) is 31.5 Å². The number of halogens is 3. The van der Waals surface area contributed by atoms with Crippen LogP contribution in [-0.4, -0.2) is 47.6 Å². The van der Waals surface area contributed by atoms with Crippen LogP contribution in [0, 0.1) is 5.82 Å². The van der Waals surface area contributed by atoms with Gasteiger partial charge in [0.15, 0.2) is 17.3 Å². The van der Waals surface area contributed by atoms with Crippen molar-refractivity contribution in [2.45, 2.75) is 25.9 Å². The monoisotopic (exact) mass is 506 g/mol. The van der Waals surface area contributed by atoms with Crippen molar-refractivity contribution in [2.75, 3.05) is 26.0 Å². The minimum absolute atomic E-state index is 0.115. The van der Waals surface area contributed by atoms with Crippen molar-refractivity contribution < 1.29 is 18.7 Å². The van der Waals surface area contributed by atoms with Gasteiger partial charge in [0.2, 0.25) is 5.91 Å². The van der Waals surface area contributed by atoms with Crippen LogP contribution in [0.1, 0.15) is 19.8 Å². The first-order valence-corrected chi connectivity index (χ1v) is 11.3. The predicted molar refractivity (Wildman–Crippen MR) is 133 cm³/mol. The van der Waals surface area contributed by atoms with Crippen LogP contribution in [-0.2, 0) is 4.79 Å². The zero-order chi connectivity index (χ0) is 24.8. The van der Waals surface area contributed by atoms with Crippen molar-refractivity contribution in [3.63, 3.8) is 0 Å². The molecule has 0 aliphatic carbocycles. The fourth-order valence-corrected chi connectivity index (χ4v) is 3.61. The highest BCUT2D eigenvalue weighted by atomic mass is 35.5. The Morgan fingerprint density at radius 3 is 2.74 bits per heavy atom. The van der Waals surface area contributed by atoms with Gasteiger partial charge in [-0.2, -0.15) is 0 Å². The van der Waals surface area contributed by atoms with Gasteiger partial charge in [0.1, 0.15) is 18.2 Å². The number of ether oxygens (including phenoxy) is 2. The maximum atomic E-state index is 14.6. The summed E-state index contributed by atoms with van der Waals surface area (Å²) in [5.41, 5.74) is 0.695. The van der Waals surface area contributed by atoms with Crippen molar-refractivity contribution in [3.8, 4) is 11.5 Å². The number of hydrogen-bond acceptors (Lipinski definition) is 6. The van der Waals surface area contributed by atoms with Crippen molar-refractivity contribution in [1.29, 1.82) is 0 Å². The molecule has 3 rings (SSSR count). The van der Waals surface area contributed by atoms with E-state index in [9.17, 15) is 9.18 Å². The summed E-state index contributed by atoms with van der Waals surface area (Å²) >= 11 is 11.8. The number of fused-ring (bicyclic) bond motifs is 1. The van der Waals surface area contributed by atoms with Crippen LogP contribution in [0.3, 0.4) is 0 Å². The van der Waals surface area contributed by atoms with E-state index in [1.807, 2.05) is 6.92 Å². The highest BCUT2D eigenvalue weighted by molar-refractivity contribution is 6.42. The lowest BCUT2D eigenvalue weighted by molar-refractivity contribution is -0.125. The number of carbonyl (C=O) groups is 1. The summed E-state index contributed by atoms with van der Waals surface area (Å²) in [5.74, 6) is 0.494. The van der Waals surface area contributed by atoms with Gasteiger partial charge in [-0.25, -0.2) is 14.4 Å². The second-order valence-electron chi connectivity index (χ2n) is 7.49. The molecule has 0 radical (unpaired) electrons. The SMILES string of the molecule is C=CC(=O)N(C)CCC(CC)Oc1cc2c(Nc3ccc(Cl)c(Cl)c3F)ncnc2cc1OC. The second kappa shape index (κ2) is 11.4. The van der Waals surface area contributed by atoms with Gasteiger partial charge in [-0.15, -0.1) is 0 Å². The molecule has 0 spiro atoms. The van der Waals surface area contributed by atoms with E-state index in [-0.39, 0.29) is 27.7 Å². The van der Waals surface area contributed by atoms with E-state index >= 15 is 0 Å². The third kappa shape index (κ3) is 5.69. The maximum absolute atomic E-state index is 14.6. The average molecular weight is 507 g/mol. The first-order valence-electron chi connectivity index (χ1n) is 10.6. The summed E-state index contributed by atoms with van der Waals surface area (Å²) in [6, 6.07) is 6.44. The van der Waals surface area contributed by atoms with E-state index in [0.717, 1.165) is 0 Å². The van der Waals surface area contributed by atoms with Crippen molar-refractivity contribution in [2.24, 2.45) is 0 Å². The number of hydrogen-bond donors (Lipinski definition) is 1. The summed E-state index contributed by atoms with van der Waals surface area (Å²) in [5, 5.41) is 3.49. The number of methoxy groups -OCH3 is 1. The quantitative estimate of drug-likeness (QED) is 0.267. The Hall–Kier alpha value is -3.10. The van der Waals surface area contributed by atoms with Gasteiger partial charge >= 0.3 is 0 Å². The molecule has 180 valence electrons. The molecule has 0 bridgehead atoms. The van der Waals surface area contributed by atoms with E-state index in [1.54, 1.807) is 24.1 Å². The molecule has 0 saturated carbocycles. The third-order valence-corrected chi connectivity index (χ3v) is 6.08. The molecule has 0 fully saturated rings. The number of aromatic nitrogens is 2. The lowest BCUT2D eigenvalue weighted by atomic mass is 10.1. The summed E-state index contributed by atoms with van der Waals surface area (Å²) in [4.78, 5) is 21.9. The molecule has 0 aliphatic heterocycles. The molecule has 1 atom stereocenters. The summed E-state index contributed by atoms with van der Waals surface area (Å²) in [7, 11) is 3.25. The number of nitrogens with one attached hydrogen (secondary N) is 1. The molecule has 10 heteroatoms. The molecule has 1 heterocycles. The first-order chi connectivity index (χ1) is 16.3. The topological polar surface area (TPSA) is 76.6 Å². The van der Waals surface area contributed by atoms with E-state index in [4.69, 9.17) is 32.7 Å². The Kier molecular flexibility index (Phi) is 8.52. The Morgan fingerprint density at radius 1 is 1.29 bits per heavy atom. The fraction of sp³-hybridized carbons (Fsp3) is 0.292. The van der Waals surface area contributed by atoms with Crippen LogP contribution in [0.25, 0.3) is 10.9 Å². The zero-order valence-corrected chi connectivity index (χ0v) is 20.6. The van der Waals surface area contributed by atoms with Gasteiger partial charge in [-0.05, 0) is 30.7 Å². The van der Waals surface area contributed by atoms with E-state index in [1.165, 1.54) is 31.6 Å². The maximum Gasteiger partial charge on any atom is 0.245 e. The Morgan fingerprint density at radius 2 is 2.06 bits per heavy atom. The number of anilines is 2. The number of nitrogens with zero attached hydrogens (tertiary/aromatic N) is 3. The molecule has 7 nitrogen and oxygen atoms in total. The zero-order valence-electron chi connectivity index (χ0n) is 19.1. The number of benzene rings is 2. The average Bonchev–Trinajstić information content (AvgIpc) is 2.85. The standard InChI is InChI=1S/C24H25Cl2FN4O3/c1-5-14(9-10-31(3)21(32)6-2)34-20-11-15-18(12-19(20)33-4)28-13-29-24(15)30-17-8-7-16(25)22(26)23(17)27/h6-8,11-14H,2,5,9-10H2,1,3-4H3,(H,28,29,30). The van der Waals surface area contributed by atoms with Crippen LogP contribution in [0.4, 0.5) is 15.9 Å². The summed E-state index contributed by atoms with van der Waals surface area (Å²) in [6.45, 7) is 6.01. The summed E-state index contributed by atoms with van der Waals surface area (Å²) < 4.78 is 26.3. The van der Waals surface area contributed by atoms with E-state index < -0.39 is 5.82 Å². The van der Waals surface area contributed by atoms with Crippen LogP contribution in [0.15, 0.2) is 43.2 Å². The molecule has 34 heavy (non-hydrogen) atoms. The fourth-order valence-electron chi connectivity index (χ4n) is 3.29. The Balaban J connectivity index is 1.92. The van der Waals surface area contributed by atoms with Crippen molar-refractivity contribution >= 4 is 51.5 Å². The molecule has 0 saturated heterocycles. The molecular formula is C24H25Cl2FN4O3. The van der Waals surface area contributed by atoms with Gasteiger partial charge in [0.05, 0.1) is 28.4 Å². The minimum Gasteiger partial charge on any atom is -0.493 e.